The van der Waals surface area contributed by atoms with Gasteiger partial charge in [0.15, 0.2) is 0 Å². The molecule has 4 fully saturated rings. The predicted octanol–water partition coefficient (Wildman–Crippen LogP) is 8.50. The Hall–Kier alpha value is -5.98. The number of alkyl carbamates (subject to hydrolysis) is 2. The summed E-state index contributed by atoms with van der Waals surface area (Å²) in [5.41, 5.74) is 13.1. The van der Waals surface area contributed by atoms with Gasteiger partial charge in [0.25, 0.3) is 0 Å². The van der Waals surface area contributed by atoms with Crippen LogP contribution in [0.4, 0.5) is 15.3 Å². The molecule has 8 atom stereocenters. The summed E-state index contributed by atoms with van der Waals surface area (Å²) < 4.78 is 9.66. The van der Waals surface area contributed by atoms with Crippen molar-refractivity contribution in [2.24, 2.45) is 28.7 Å². The van der Waals surface area contributed by atoms with Crippen LogP contribution < -0.4 is 10.6 Å². The normalized spacial score (nSPS) is 24.6. The minimum Gasteiger partial charge on any atom is -0.453 e. The van der Waals surface area contributed by atoms with Crippen molar-refractivity contribution in [2.45, 2.75) is 115 Å². The number of nitrogens with one attached hydrogen (secondary N) is 3. The maximum Gasteiger partial charge on any atom is 0.407 e. The highest BCUT2D eigenvalue weighted by molar-refractivity contribution is 6.01. The average molecular weight is 866 g/mol. The van der Waals surface area contributed by atoms with Crippen molar-refractivity contribution in [3.63, 3.8) is 0 Å². The number of imidazole rings is 1. The SMILES string of the molecule is COC(=O)N[C@H](C(=O)N1CCC[C@H]1C1=Nc2ccc(-c3ccc(-c4ccc(-c5cnc([C@@H]6CC7CC7N6C(=O)[C@@H](NC(=O)OC)C(C)C)[nH]5)cc4)c4c3CC3CCC43)cc2C1)C(C)C. The lowest BCUT2D eigenvalue weighted by molar-refractivity contribution is -0.137. The zero-order valence-corrected chi connectivity index (χ0v) is 37.6. The lowest BCUT2D eigenvalue weighted by Gasteiger charge is -2.32. The first-order chi connectivity index (χ1) is 30.9. The number of amides is 4. The molecule has 4 unspecified atom stereocenters. The molecule has 3 N–H and O–H groups in total. The lowest BCUT2D eigenvalue weighted by atomic mass is 9.73. The fourth-order valence-electron chi connectivity index (χ4n) is 11.5. The molecule has 2 saturated heterocycles. The molecule has 0 bridgehead atoms. The van der Waals surface area contributed by atoms with Crippen LogP contribution in [0.2, 0.25) is 0 Å². The summed E-state index contributed by atoms with van der Waals surface area (Å²) in [5.74, 6) is 2.14. The van der Waals surface area contributed by atoms with Crippen molar-refractivity contribution < 1.29 is 28.7 Å². The van der Waals surface area contributed by atoms with Crippen LogP contribution in [-0.2, 0) is 31.9 Å². The second-order valence-electron chi connectivity index (χ2n) is 19.5. The Morgan fingerprint density at radius 1 is 0.766 bits per heavy atom. The van der Waals surface area contributed by atoms with Gasteiger partial charge < -0.3 is 34.9 Å². The van der Waals surface area contributed by atoms with Crippen LogP contribution in [0.25, 0.3) is 33.5 Å². The summed E-state index contributed by atoms with van der Waals surface area (Å²) in [7, 11) is 2.63. The number of aliphatic imine (C=N–C) groups is 1. The second kappa shape index (κ2) is 16.5. The van der Waals surface area contributed by atoms with E-state index in [1.165, 1.54) is 66.0 Å². The number of H-pyrrole nitrogens is 1. The molecule has 13 nitrogen and oxygen atoms in total. The molecular formula is C51H59N7O6. The van der Waals surface area contributed by atoms with Crippen LogP contribution in [0, 0.1) is 23.7 Å². The van der Waals surface area contributed by atoms with Gasteiger partial charge in [-0.15, -0.1) is 0 Å². The van der Waals surface area contributed by atoms with Crippen LogP contribution in [0.15, 0.2) is 65.8 Å². The van der Waals surface area contributed by atoms with E-state index < -0.39 is 24.3 Å². The van der Waals surface area contributed by atoms with Crippen molar-refractivity contribution in [3.8, 4) is 33.5 Å². The summed E-state index contributed by atoms with van der Waals surface area (Å²) >= 11 is 0. The molecule has 3 aliphatic heterocycles. The third kappa shape index (κ3) is 7.34. The highest BCUT2D eigenvalue weighted by atomic mass is 16.5. The van der Waals surface area contributed by atoms with Crippen LogP contribution >= 0.6 is 0 Å². The van der Waals surface area contributed by atoms with Crippen LogP contribution in [-0.4, -0.2) is 94.4 Å². The number of carbonyl (C=O) groups excluding carboxylic acids is 4. The monoisotopic (exact) mass is 865 g/mol. The van der Waals surface area contributed by atoms with Crippen molar-refractivity contribution >= 4 is 35.4 Å². The maximum atomic E-state index is 13.9. The number of carbonyl (C=O) groups is 4. The molecule has 334 valence electrons. The number of ether oxygens (including phenoxy) is 2. The molecule has 0 spiro atoms. The standard InChI is InChI=1S/C51H59N7O6/c1-26(2)45(55-50(61)63-5)48(59)57-19-7-8-41(57)39-22-32-20-30(14-18-38(32)53-39)34-16-17-35(44-36-15-13-31(36)21-37(34)44)28-9-11-29(12-10-28)40-25-52-47(54-40)43-24-33-23-42(33)58(43)49(60)46(27(3)4)56-51(62)64-6/h9-12,14,16-18,20,25-27,31,33,36,41-43,45-46H,7-8,13,15,19,21-24H2,1-6H3,(H,52,54)(H,55,61)(H,56,62)/t31?,33?,36?,41-,42?,43-,45-,46-/m0/s1. The maximum absolute atomic E-state index is 13.9. The van der Waals surface area contributed by atoms with E-state index in [4.69, 9.17) is 19.5 Å². The zero-order chi connectivity index (χ0) is 44.6. The lowest BCUT2D eigenvalue weighted by Crippen LogP contribution is -2.53. The molecule has 3 aliphatic carbocycles. The first-order valence-electron chi connectivity index (χ1n) is 23.3. The Labute approximate surface area is 374 Å². The minimum absolute atomic E-state index is 0.0810. The molecule has 4 amide bonds. The molecule has 4 heterocycles. The highest BCUT2D eigenvalue weighted by Crippen LogP contribution is 2.57. The molecule has 4 aromatic rings. The van der Waals surface area contributed by atoms with Gasteiger partial charge in [-0.05, 0) is 131 Å². The molecule has 1 aromatic heterocycles. The van der Waals surface area contributed by atoms with E-state index >= 15 is 0 Å². The van der Waals surface area contributed by atoms with Crippen LogP contribution in [0.1, 0.15) is 101 Å². The highest BCUT2D eigenvalue weighted by Gasteiger charge is 2.56. The third-order valence-electron chi connectivity index (χ3n) is 15.1. The van der Waals surface area contributed by atoms with Crippen molar-refractivity contribution in [2.75, 3.05) is 20.8 Å². The average Bonchev–Trinajstić information content (AvgIpc) is 3.87. The Balaban J connectivity index is 0.863. The van der Waals surface area contributed by atoms with E-state index in [9.17, 15) is 19.2 Å². The summed E-state index contributed by atoms with van der Waals surface area (Å²) in [6, 6.07) is 18.7. The summed E-state index contributed by atoms with van der Waals surface area (Å²) in [6.07, 6.45) is 8.54. The Bertz CT molecular complexity index is 2550. The van der Waals surface area contributed by atoms with E-state index in [0.29, 0.717) is 30.7 Å². The largest absolute Gasteiger partial charge is 0.453 e. The number of rotatable bonds is 11. The fraction of sp³-hybridized carbons (Fsp3) is 0.490. The number of piperidine rings is 1. The number of hydrogen-bond acceptors (Lipinski definition) is 8. The molecule has 13 heteroatoms. The topological polar surface area (TPSA) is 158 Å². The molecule has 0 radical (unpaired) electrons. The van der Waals surface area contributed by atoms with Gasteiger partial charge in [0.1, 0.15) is 17.9 Å². The van der Waals surface area contributed by atoms with Gasteiger partial charge in [0.05, 0.1) is 43.9 Å². The minimum atomic E-state index is -0.671. The van der Waals surface area contributed by atoms with Crippen molar-refractivity contribution in [3.05, 3.63) is 83.3 Å². The first kappa shape index (κ1) is 42.0. The molecular weight excluding hydrogens is 807 g/mol. The molecule has 3 aromatic carbocycles. The number of likely N-dealkylation sites (tertiary alicyclic amines) is 2. The number of aromatic nitrogens is 2. The van der Waals surface area contributed by atoms with Gasteiger partial charge in [-0.2, -0.15) is 0 Å². The van der Waals surface area contributed by atoms with Crippen molar-refractivity contribution in [1.82, 2.24) is 30.4 Å². The number of fused-ring (bicyclic) bond motifs is 5. The number of hydrogen-bond donors (Lipinski definition) is 3. The van der Waals surface area contributed by atoms with E-state index in [0.717, 1.165) is 60.6 Å². The Morgan fingerprint density at radius 2 is 1.45 bits per heavy atom. The molecule has 2 saturated carbocycles. The van der Waals surface area contributed by atoms with Gasteiger partial charge in [-0.25, -0.2) is 14.6 Å². The van der Waals surface area contributed by atoms with E-state index in [-0.39, 0.29) is 41.8 Å². The third-order valence-corrected chi connectivity index (χ3v) is 15.1. The van der Waals surface area contributed by atoms with Gasteiger partial charge in [0.2, 0.25) is 11.8 Å². The smallest absolute Gasteiger partial charge is 0.407 e. The quantitative estimate of drug-likeness (QED) is 0.136. The number of aromatic amines is 1. The van der Waals surface area contributed by atoms with Crippen LogP contribution in [0.3, 0.4) is 0 Å². The van der Waals surface area contributed by atoms with Gasteiger partial charge in [-0.1, -0.05) is 70.2 Å². The molecule has 64 heavy (non-hydrogen) atoms. The van der Waals surface area contributed by atoms with Gasteiger partial charge in [0, 0.05) is 24.7 Å². The van der Waals surface area contributed by atoms with Gasteiger partial charge >= 0.3 is 12.2 Å². The summed E-state index contributed by atoms with van der Waals surface area (Å²) in [6.45, 7) is 8.39. The first-order valence-corrected chi connectivity index (χ1v) is 23.3. The number of benzene rings is 3. The second-order valence-corrected chi connectivity index (χ2v) is 19.5. The van der Waals surface area contributed by atoms with E-state index in [1.54, 1.807) is 0 Å². The molecule has 6 aliphatic rings. The van der Waals surface area contributed by atoms with E-state index in [1.807, 2.05) is 43.7 Å². The number of methoxy groups -OCH3 is 2. The Morgan fingerprint density at radius 3 is 2.14 bits per heavy atom. The fourth-order valence-corrected chi connectivity index (χ4v) is 11.5. The Kier molecular flexibility index (Phi) is 10.9. The summed E-state index contributed by atoms with van der Waals surface area (Å²) in [4.78, 5) is 69.3. The number of nitrogens with zero attached hydrogens (tertiary/aromatic N) is 4. The summed E-state index contributed by atoms with van der Waals surface area (Å²) in [5, 5.41) is 5.52. The predicted molar refractivity (Wildman–Crippen MR) is 244 cm³/mol. The van der Waals surface area contributed by atoms with Crippen LogP contribution in [0.5, 0.6) is 0 Å². The van der Waals surface area contributed by atoms with Gasteiger partial charge in [-0.3, -0.25) is 14.6 Å². The van der Waals surface area contributed by atoms with Crippen molar-refractivity contribution in [1.29, 1.82) is 0 Å². The molecule has 10 rings (SSSR count). The zero-order valence-electron chi connectivity index (χ0n) is 37.6. The van der Waals surface area contributed by atoms with E-state index in [2.05, 4.69) is 70.2 Å².